The molecule has 43 heavy (non-hydrogen) atoms. The van der Waals surface area contributed by atoms with Crippen molar-refractivity contribution in [1.82, 2.24) is 34.2 Å². The molecule has 1 saturated heterocycles. The minimum Gasteiger partial charge on any atom is -0.364 e. The van der Waals surface area contributed by atoms with E-state index in [0.717, 1.165) is 42.6 Å². The summed E-state index contributed by atoms with van der Waals surface area (Å²) in [6, 6.07) is 5.32. The summed E-state index contributed by atoms with van der Waals surface area (Å²) in [5, 5.41) is 6.15. The van der Waals surface area contributed by atoms with Crippen molar-refractivity contribution in [3.8, 4) is 0 Å². The molecule has 4 aromatic heterocycles. The lowest BCUT2D eigenvalue weighted by atomic mass is 10.1. The van der Waals surface area contributed by atoms with Gasteiger partial charge >= 0.3 is 6.03 Å². The van der Waals surface area contributed by atoms with Gasteiger partial charge in [0.1, 0.15) is 30.3 Å². The van der Waals surface area contributed by atoms with Gasteiger partial charge in [-0.15, -0.1) is 0 Å². The number of imide groups is 1. The molecule has 13 nitrogen and oxygen atoms in total. The fourth-order valence-electron chi connectivity index (χ4n) is 5.81. The second-order valence-corrected chi connectivity index (χ2v) is 11.9. The number of pyridine rings is 1. The van der Waals surface area contributed by atoms with E-state index in [1.165, 1.54) is 11.2 Å². The van der Waals surface area contributed by atoms with Crippen LogP contribution in [0.1, 0.15) is 66.7 Å². The van der Waals surface area contributed by atoms with E-state index in [2.05, 4.69) is 36.8 Å². The summed E-state index contributed by atoms with van der Waals surface area (Å²) in [7, 11) is 0. The van der Waals surface area contributed by atoms with Crippen LogP contribution in [0.15, 0.2) is 43.1 Å². The van der Waals surface area contributed by atoms with E-state index in [-0.39, 0.29) is 42.3 Å². The second-order valence-electron chi connectivity index (χ2n) is 11.9. The third-order valence-electron chi connectivity index (χ3n) is 8.49. The molecule has 5 heterocycles. The number of urea groups is 1. The molecule has 2 unspecified atom stereocenters. The molecule has 0 aromatic carbocycles. The highest BCUT2D eigenvalue weighted by atomic mass is 16.2. The molecule has 4 aliphatic rings. The molecule has 3 aliphatic carbocycles. The lowest BCUT2D eigenvalue weighted by Crippen LogP contribution is -2.34. The predicted octanol–water partition coefficient (Wildman–Crippen LogP) is 3.39. The van der Waals surface area contributed by atoms with Gasteiger partial charge in [0.05, 0.1) is 17.9 Å². The number of fused-ring (bicyclic) bond motifs is 1. The van der Waals surface area contributed by atoms with Crippen LogP contribution in [0.5, 0.6) is 0 Å². The fourth-order valence-corrected chi connectivity index (χ4v) is 5.81. The number of anilines is 3. The van der Waals surface area contributed by atoms with Gasteiger partial charge in [0.25, 0.3) is 5.91 Å². The number of aromatic nitrogens is 6. The quantitative estimate of drug-likeness (QED) is 0.285. The van der Waals surface area contributed by atoms with E-state index in [1.807, 2.05) is 29.7 Å². The normalized spacial score (nSPS) is 21.5. The van der Waals surface area contributed by atoms with Crippen molar-refractivity contribution in [2.24, 2.45) is 5.92 Å². The molecule has 0 bridgehead atoms. The zero-order chi connectivity index (χ0) is 29.2. The van der Waals surface area contributed by atoms with E-state index in [0.29, 0.717) is 47.7 Å². The van der Waals surface area contributed by atoms with Crippen molar-refractivity contribution in [2.75, 3.05) is 22.1 Å². The Morgan fingerprint density at radius 2 is 1.86 bits per heavy atom. The molecule has 2 N–H and O–H groups in total. The molecule has 4 fully saturated rings. The molecular weight excluding hydrogens is 548 g/mol. The zero-order valence-corrected chi connectivity index (χ0v) is 23.6. The maximum atomic E-state index is 13.2. The van der Waals surface area contributed by atoms with Crippen molar-refractivity contribution < 1.29 is 14.4 Å². The van der Waals surface area contributed by atoms with E-state index in [1.54, 1.807) is 17.2 Å². The van der Waals surface area contributed by atoms with Gasteiger partial charge in [-0.2, -0.15) is 0 Å². The number of nitrogens with zero attached hydrogens (tertiary/aromatic N) is 8. The summed E-state index contributed by atoms with van der Waals surface area (Å²) in [4.78, 5) is 63.9. The average Bonchev–Trinajstić information content (AvgIpc) is 3.88. The second kappa shape index (κ2) is 9.82. The van der Waals surface area contributed by atoms with Crippen LogP contribution in [0.4, 0.5) is 22.1 Å². The van der Waals surface area contributed by atoms with Crippen LogP contribution >= 0.6 is 0 Å². The predicted molar refractivity (Wildman–Crippen MR) is 155 cm³/mol. The standard InChI is InChI=1S/C30H30N10O3/c1-16-6-7-31-27(35-16)21-9-22(21)29(42)37-25-10-24(33-15-34-25)32-11-19-13-38-12-18(17-2-3-17)8-23(28(38)36-19)39-14-26(41)40(30(39)43)20-4-5-20/h6-8,10,12-13,15,17,20-22H,2-5,9,11,14H2,1H3,(H2,32,33,34,37,42). The van der Waals surface area contributed by atoms with E-state index in [4.69, 9.17) is 4.98 Å². The van der Waals surface area contributed by atoms with Crippen molar-refractivity contribution in [3.05, 3.63) is 65.9 Å². The number of carbonyl (C=O) groups is 3. The number of imidazole rings is 1. The molecule has 8 rings (SSSR count). The van der Waals surface area contributed by atoms with Crippen molar-refractivity contribution in [1.29, 1.82) is 0 Å². The Morgan fingerprint density at radius 3 is 2.65 bits per heavy atom. The van der Waals surface area contributed by atoms with Gasteiger partial charge in [0.2, 0.25) is 5.91 Å². The number of rotatable bonds is 9. The average molecular weight is 579 g/mol. The van der Waals surface area contributed by atoms with Crippen LogP contribution in [-0.2, 0) is 16.1 Å². The summed E-state index contributed by atoms with van der Waals surface area (Å²) in [5.74, 6) is 1.67. The van der Waals surface area contributed by atoms with Crippen LogP contribution < -0.4 is 15.5 Å². The minimum absolute atomic E-state index is 0.0189. The van der Waals surface area contributed by atoms with Crippen LogP contribution in [0.25, 0.3) is 5.65 Å². The SMILES string of the molecule is Cc1ccnc(C2CC2C(=O)Nc2cc(NCc3cn4cc(C5CC5)cc(N5CC(=O)N(C6CC6)C5=O)c4n3)ncn2)n1. The first-order valence-corrected chi connectivity index (χ1v) is 14.7. The lowest BCUT2D eigenvalue weighted by molar-refractivity contribution is -0.125. The van der Waals surface area contributed by atoms with Crippen molar-refractivity contribution in [3.63, 3.8) is 0 Å². The number of hydrogen-bond donors (Lipinski definition) is 2. The third kappa shape index (κ3) is 4.94. The third-order valence-corrected chi connectivity index (χ3v) is 8.49. The first-order valence-electron chi connectivity index (χ1n) is 14.7. The Morgan fingerprint density at radius 1 is 1.02 bits per heavy atom. The van der Waals surface area contributed by atoms with E-state index < -0.39 is 0 Å². The van der Waals surface area contributed by atoms with Crippen LogP contribution in [0, 0.1) is 12.8 Å². The highest BCUT2D eigenvalue weighted by molar-refractivity contribution is 6.14. The Labute approximate surface area is 246 Å². The van der Waals surface area contributed by atoms with Crippen LogP contribution in [-0.4, -0.2) is 64.7 Å². The van der Waals surface area contributed by atoms with E-state index in [9.17, 15) is 14.4 Å². The first-order chi connectivity index (χ1) is 20.9. The van der Waals surface area contributed by atoms with Gasteiger partial charge in [-0.25, -0.2) is 29.7 Å². The van der Waals surface area contributed by atoms with Gasteiger partial charge in [-0.1, -0.05) is 0 Å². The summed E-state index contributed by atoms with van der Waals surface area (Å²) < 4.78 is 1.95. The monoisotopic (exact) mass is 578 g/mol. The summed E-state index contributed by atoms with van der Waals surface area (Å²) in [5.41, 5.74) is 4.07. The topological polar surface area (TPSA) is 151 Å². The van der Waals surface area contributed by atoms with Gasteiger partial charge in [-0.05, 0) is 62.6 Å². The molecule has 0 radical (unpaired) electrons. The lowest BCUT2D eigenvalue weighted by Gasteiger charge is -2.18. The summed E-state index contributed by atoms with van der Waals surface area (Å²) >= 11 is 0. The molecule has 13 heteroatoms. The van der Waals surface area contributed by atoms with E-state index >= 15 is 0 Å². The summed E-state index contributed by atoms with van der Waals surface area (Å²) in [6.45, 7) is 2.31. The molecular formula is C30H30N10O3. The van der Waals surface area contributed by atoms with Crippen molar-refractivity contribution >= 4 is 40.8 Å². The molecule has 4 aromatic rings. The Balaban J connectivity index is 0.972. The Bertz CT molecular complexity index is 1800. The van der Waals surface area contributed by atoms with Gasteiger partial charge in [0.15, 0.2) is 5.65 Å². The molecule has 1 aliphatic heterocycles. The largest absolute Gasteiger partial charge is 0.364 e. The molecule has 3 saturated carbocycles. The van der Waals surface area contributed by atoms with Gasteiger partial charge in [-0.3, -0.25) is 19.4 Å². The number of nitrogens with one attached hydrogen (secondary N) is 2. The van der Waals surface area contributed by atoms with Crippen molar-refractivity contribution in [2.45, 2.75) is 63.5 Å². The Hall–Kier alpha value is -4.94. The van der Waals surface area contributed by atoms with Gasteiger partial charge < -0.3 is 15.0 Å². The number of carbonyl (C=O) groups excluding carboxylic acids is 3. The molecule has 218 valence electrons. The van der Waals surface area contributed by atoms with Crippen LogP contribution in [0.2, 0.25) is 0 Å². The maximum absolute atomic E-state index is 13.2. The molecule has 4 amide bonds. The van der Waals surface area contributed by atoms with Gasteiger partial charge in [0, 0.05) is 48.2 Å². The number of aryl methyl sites for hydroxylation is 1. The Kier molecular flexibility index (Phi) is 5.88. The molecule has 0 spiro atoms. The smallest absolute Gasteiger partial charge is 0.332 e. The van der Waals surface area contributed by atoms with Crippen LogP contribution in [0.3, 0.4) is 0 Å². The summed E-state index contributed by atoms with van der Waals surface area (Å²) in [6.07, 6.45) is 11.8. The zero-order valence-electron chi connectivity index (χ0n) is 23.6. The maximum Gasteiger partial charge on any atom is 0.332 e. The first kappa shape index (κ1) is 25.7. The highest BCUT2D eigenvalue weighted by Gasteiger charge is 2.47. The fraction of sp³-hybridized carbons (Fsp3) is 0.400. The number of hydrogen-bond acceptors (Lipinski definition) is 9. The molecule has 2 atom stereocenters. The number of amides is 4. The highest BCUT2D eigenvalue weighted by Crippen LogP contribution is 2.46. The minimum atomic E-state index is -0.260.